The lowest BCUT2D eigenvalue weighted by Gasteiger charge is -2.48. The quantitative estimate of drug-likeness (QED) is 0.712. The fraction of sp³-hybridized carbons (Fsp3) is 0.261. The zero-order valence-corrected chi connectivity index (χ0v) is 18.5. The first-order chi connectivity index (χ1) is 15.0. The summed E-state index contributed by atoms with van der Waals surface area (Å²) >= 11 is 8.31. The Morgan fingerprint density at radius 3 is 2.74 bits per heavy atom. The van der Waals surface area contributed by atoms with E-state index in [-0.39, 0.29) is 23.4 Å². The van der Waals surface area contributed by atoms with Gasteiger partial charge in [-0.1, -0.05) is 48.0 Å². The first-order valence-electron chi connectivity index (χ1n) is 10.1. The summed E-state index contributed by atoms with van der Waals surface area (Å²) in [6.07, 6.45) is 1.94. The lowest BCUT2D eigenvalue weighted by Crippen LogP contribution is -2.58. The molecule has 0 aromatic heterocycles. The zero-order valence-electron chi connectivity index (χ0n) is 16.9. The summed E-state index contributed by atoms with van der Waals surface area (Å²) in [7, 11) is 0. The van der Waals surface area contributed by atoms with Crippen molar-refractivity contribution in [3.8, 4) is 0 Å². The van der Waals surface area contributed by atoms with E-state index in [0.29, 0.717) is 18.2 Å². The number of hydrogen-bond acceptors (Lipinski definition) is 6. The molecule has 6 nitrogen and oxygen atoms in total. The normalized spacial score (nSPS) is 23.4. The molecule has 1 amide bonds. The molecule has 2 aromatic rings. The van der Waals surface area contributed by atoms with Crippen molar-refractivity contribution >= 4 is 29.3 Å². The minimum absolute atomic E-state index is 0.0843. The van der Waals surface area contributed by atoms with Crippen molar-refractivity contribution in [1.29, 1.82) is 0 Å². The summed E-state index contributed by atoms with van der Waals surface area (Å²) in [6.45, 7) is 2.72. The van der Waals surface area contributed by atoms with E-state index in [0.717, 1.165) is 21.8 Å². The molecule has 0 aliphatic carbocycles. The number of hydrogen-bond donors (Lipinski definition) is 2. The van der Waals surface area contributed by atoms with Gasteiger partial charge in [-0.25, -0.2) is 0 Å². The first kappa shape index (κ1) is 20.5. The van der Waals surface area contributed by atoms with Crippen LogP contribution in [0.25, 0.3) is 0 Å². The molecule has 2 atom stereocenters. The number of aliphatic hydroxyl groups is 2. The van der Waals surface area contributed by atoms with E-state index in [1.807, 2.05) is 31.2 Å². The fourth-order valence-electron chi connectivity index (χ4n) is 4.38. The highest BCUT2D eigenvalue weighted by Gasteiger charge is 2.43. The van der Waals surface area contributed by atoms with Gasteiger partial charge in [0.1, 0.15) is 6.10 Å². The third kappa shape index (κ3) is 3.24. The van der Waals surface area contributed by atoms with E-state index in [9.17, 15) is 15.0 Å². The molecule has 0 bridgehead atoms. The number of thioether (sulfide) groups is 1. The molecule has 2 aromatic carbocycles. The molecule has 5 rings (SSSR count). The van der Waals surface area contributed by atoms with Crippen molar-refractivity contribution in [2.45, 2.75) is 29.7 Å². The highest BCUT2D eigenvalue weighted by molar-refractivity contribution is 7.98. The summed E-state index contributed by atoms with van der Waals surface area (Å²) < 4.78 is 0. The molecule has 31 heavy (non-hydrogen) atoms. The maximum absolute atomic E-state index is 13.1. The molecule has 8 heteroatoms. The molecule has 0 radical (unpaired) electrons. The largest absolute Gasteiger partial charge is 0.507 e. The van der Waals surface area contributed by atoms with E-state index in [1.54, 1.807) is 27.9 Å². The predicted octanol–water partition coefficient (Wildman–Crippen LogP) is 4.03. The second-order valence-electron chi connectivity index (χ2n) is 7.66. The lowest BCUT2D eigenvalue weighted by molar-refractivity contribution is -0.149. The number of amides is 1. The number of carbonyl (C=O) groups is 1. The van der Waals surface area contributed by atoms with E-state index in [2.05, 4.69) is 23.2 Å². The molecule has 160 valence electrons. The third-order valence-electron chi connectivity index (χ3n) is 5.94. The van der Waals surface area contributed by atoms with Crippen LogP contribution in [0.3, 0.4) is 0 Å². The van der Waals surface area contributed by atoms with E-state index in [1.165, 1.54) is 11.6 Å². The minimum Gasteiger partial charge on any atom is -0.507 e. The number of likely N-dealkylation sites (N-methyl/N-ethyl adjacent to an activating group) is 1. The lowest BCUT2D eigenvalue weighted by atomic mass is 9.94. The molecular formula is C23H22ClN3O3S. The van der Waals surface area contributed by atoms with Crippen LogP contribution >= 0.6 is 23.4 Å². The summed E-state index contributed by atoms with van der Waals surface area (Å²) in [5.41, 5.74) is 3.45. The van der Waals surface area contributed by atoms with E-state index >= 15 is 0 Å². The Balaban J connectivity index is 1.73. The molecule has 0 saturated carbocycles. The molecule has 2 unspecified atom stereocenters. The average molecular weight is 456 g/mol. The van der Waals surface area contributed by atoms with Gasteiger partial charge in [0.05, 0.1) is 17.7 Å². The van der Waals surface area contributed by atoms with Crippen molar-refractivity contribution in [1.82, 2.24) is 14.9 Å². The van der Waals surface area contributed by atoms with Crippen LogP contribution in [0.5, 0.6) is 0 Å². The number of fused-ring (bicyclic) bond motifs is 3. The molecule has 0 spiro atoms. The molecular weight excluding hydrogens is 434 g/mol. The van der Waals surface area contributed by atoms with Gasteiger partial charge in [0.25, 0.3) is 5.91 Å². The van der Waals surface area contributed by atoms with Gasteiger partial charge in [-0.2, -0.15) is 5.01 Å². The topological polar surface area (TPSA) is 67.2 Å². The van der Waals surface area contributed by atoms with Gasteiger partial charge in [-0.3, -0.25) is 9.80 Å². The maximum Gasteiger partial charge on any atom is 0.276 e. The number of halogens is 1. The SMILES string of the molecule is CCN1CN(C2c3ccccc3CSc3c(Cl)cccc32)N2C=CC(O)C(O)=C2C1=O. The Labute approximate surface area is 190 Å². The standard InChI is InChI=1S/C23H22ClN3O3S/c1-2-25-13-27(26-11-10-18(28)21(29)20(26)23(25)30)19-15-7-4-3-6-14(15)12-31-22-16(19)8-5-9-17(22)24/h3-11,18-19,28-29H,2,12-13H2,1H3. The van der Waals surface area contributed by atoms with Crippen LogP contribution < -0.4 is 0 Å². The Morgan fingerprint density at radius 1 is 1.16 bits per heavy atom. The summed E-state index contributed by atoms with van der Waals surface area (Å²) in [6, 6.07) is 13.9. The van der Waals surface area contributed by atoms with E-state index < -0.39 is 6.10 Å². The van der Waals surface area contributed by atoms with Gasteiger partial charge in [0, 0.05) is 23.4 Å². The van der Waals surface area contributed by atoms with Crippen molar-refractivity contribution in [3.63, 3.8) is 0 Å². The second-order valence-corrected chi connectivity index (χ2v) is 9.05. The number of rotatable bonds is 2. The second kappa shape index (κ2) is 7.91. The molecule has 2 N–H and O–H groups in total. The smallest absolute Gasteiger partial charge is 0.276 e. The van der Waals surface area contributed by atoms with Gasteiger partial charge in [-0.15, -0.1) is 11.8 Å². The first-order valence-corrected chi connectivity index (χ1v) is 11.5. The van der Waals surface area contributed by atoms with Crippen LogP contribution in [0.4, 0.5) is 0 Å². The van der Waals surface area contributed by atoms with Crippen molar-refractivity contribution in [2.75, 3.05) is 13.2 Å². The number of benzene rings is 2. The van der Waals surface area contributed by atoms with Crippen LogP contribution in [-0.4, -0.2) is 50.4 Å². The Hall–Kier alpha value is -2.45. The van der Waals surface area contributed by atoms with Gasteiger partial charge in [0.15, 0.2) is 11.5 Å². The molecule has 3 aliphatic heterocycles. The number of hydrazine groups is 1. The van der Waals surface area contributed by atoms with Gasteiger partial charge >= 0.3 is 0 Å². The van der Waals surface area contributed by atoms with Gasteiger partial charge in [0.2, 0.25) is 0 Å². The number of carbonyl (C=O) groups excluding carboxylic acids is 1. The highest BCUT2D eigenvalue weighted by Crippen LogP contribution is 2.47. The Bertz CT molecular complexity index is 1120. The number of nitrogens with zero attached hydrogens (tertiary/aromatic N) is 3. The summed E-state index contributed by atoms with van der Waals surface area (Å²) in [5, 5.41) is 25.2. The van der Waals surface area contributed by atoms with Crippen LogP contribution in [0.1, 0.15) is 29.7 Å². The highest BCUT2D eigenvalue weighted by atomic mass is 35.5. The molecule has 3 aliphatic rings. The molecule has 1 fully saturated rings. The third-order valence-corrected chi connectivity index (χ3v) is 7.56. The van der Waals surface area contributed by atoms with Crippen molar-refractivity contribution in [3.05, 3.63) is 87.9 Å². The monoisotopic (exact) mass is 455 g/mol. The molecule has 3 heterocycles. The fourth-order valence-corrected chi connectivity index (χ4v) is 5.84. The van der Waals surface area contributed by atoms with Crippen LogP contribution in [0, 0.1) is 0 Å². The van der Waals surface area contributed by atoms with Crippen molar-refractivity contribution < 1.29 is 15.0 Å². The van der Waals surface area contributed by atoms with Crippen LogP contribution in [0.15, 0.2) is 71.1 Å². The Kier molecular flexibility index (Phi) is 5.22. The summed E-state index contributed by atoms with van der Waals surface area (Å²) in [5.74, 6) is 0.149. The van der Waals surface area contributed by atoms with Gasteiger partial charge in [-0.05, 0) is 35.8 Å². The Morgan fingerprint density at radius 2 is 1.94 bits per heavy atom. The number of aliphatic hydroxyl groups excluding tert-OH is 2. The van der Waals surface area contributed by atoms with Crippen LogP contribution in [0.2, 0.25) is 5.02 Å². The van der Waals surface area contributed by atoms with Crippen LogP contribution in [-0.2, 0) is 10.5 Å². The minimum atomic E-state index is -1.20. The maximum atomic E-state index is 13.1. The van der Waals surface area contributed by atoms with E-state index in [4.69, 9.17) is 11.6 Å². The average Bonchev–Trinajstić information content (AvgIpc) is 2.94. The van der Waals surface area contributed by atoms with Crippen molar-refractivity contribution in [2.24, 2.45) is 0 Å². The zero-order chi connectivity index (χ0) is 21.7. The summed E-state index contributed by atoms with van der Waals surface area (Å²) in [4.78, 5) is 15.7. The molecule has 1 saturated heterocycles. The predicted molar refractivity (Wildman–Crippen MR) is 120 cm³/mol. The van der Waals surface area contributed by atoms with Gasteiger partial charge < -0.3 is 15.1 Å².